The second kappa shape index (κ2) is 5.68. The zero-order valence-electron chi connectivity index (χ0n) is 13.3. The average molecular weight is 295 g/mol. The van der Waals surface area contributed by atoms with Crippen molar-refractivity contribution in [3.8, 4) is 6.07 Å². The lowest BCUT2D eigenvalue weighted by atomic mass is 9.73. The van der Waals surface area contributed by atoms with E-state index in [1.165, 1.54) is 45.2 Å². The quantitative estimate of drug-likeness (QED) is 0.786. The van der Waals surface area contributed by atoms with Crippen LogP contribution in [0.15, 0.2) is 24.3 Å². The van der Waals surface area contributed by atoms with Crippen molar-refractivity contribution in [1.29, 1.82) is 5.26 Å². The van der Waals surface area contributed by atoms with E-state index in [0.717, 1.165) is 13.1 Å². The first-order valence-electron chi connectivity index (χ1n) is 8.75. The van der Waals surface area contributed by atoms with E-state index in [1.807, 2.05) is 0 Å². The Hall–Kier alpha value is -1.37. The van der Waals surface area contributed by atoms with Crippen LogP contribution in [0, 0.1) is 11.3 Å². The van der Waals surface area contributed by atoms with Gasteiger partial charge in [0.25, 0.3) is 0 Å². The van der Waals surface area contributed by atoms with E-state index in [4.69, 9.17) is 5.26 Å². The van der Waals surface area contributed by atoms with Gasteiger partial charge in [-0.05, 0) is 74.8 Å². The molecular weight excluding hydrogens is 270 g/mol. The van der Waals surface area contributed by atoms with Crippen molar-refractivity contribution in [1.82, 2.24) is 9.80 Å². The first-order valence-corrected chi connectivity index (χ1v) is 8.75. The third-order valence-electron chi connectivity index (χ3n) is 6.16. The van der Waals surface area contributed by atoms with Crippen LogP contribution in [0.1, 0.15) is 49.3 Å². The Labute approximate surface area is 133 Å². The van der Waals surface area contributed by atoms with Gasteiger partial charge in [0.2, 0.25) is 0 Å². The van der Waals surface area contributed by atoms with Gasteiger partial charge in [-0.2, -0.15) is 5.26 Å². The Morgan fingerprint density at radius 3 is 2.55 bits per heavy atom. The minimum Gasteiger partial charge on any atom is -0.296 e. The number of rotatable bonds is 2. The molecule has 0 aromatic heterocycles. The third-order valence-corrected chi connectivity index (χ3v) is 6.16. The van der Waals surface area contributed by atoms with Crippen LogP contribution < -0.4 is 0 Å². The van der Waals surface area contributed by atoms with Gasteiger partial charge in [0.1, 0.15) is 0 Å². The maximum absolute atomic E-state index is 8.92. The van der Waals surface area contributed by atoms with Gasteiger partial charge in [-0.15, -0.1) is 0 Å². The number of nitriles is 1. The molecule has 2 saturated heterocycles. The molecule has 116 valence electrons. The topological polar surface area (TPSA) is 30.3 Å². The molecule has 2 aliphatic heterocycles. The van der Waals surface area contributed by atoms with E-state index < -0.39 is 0 Å². The van der Waals surface area contributed by atoms with Crippen LogP contribution in [-0.2, 0) is 5.41 Å². The molecule has 2 fully saturated rings. The molecule has 22 heavy (non-hydrogen) atoms. The van der Waals surface area contributed by atoms with Crippen molar-refractivity contribution in [3.63, 3.8) is 0 Å². The molecule has 1 atom stereocenters. The Bertz CT molecular complexity index is 575. The molecular formula is C19H25N3. The second-order valence-corrected chi connectivity index (χ2v) is 7.26. The van der Waals surface area contributed by atoms with Gasteiger partial charge in [-0.3, -0.25) is 9.80 Å². The third kappa shape index (κ3) is 2.26. The number of fused-ring (bicyclic) bond motifs is 2. The first kappa shape index (κ1) is 14.2. The molecule has 1 aromatic rings. The Morgan fingerprint density at radius 1 is 1.09 bits per heavy atom. The summed E-state index contributed by atoms with van der Waals surface area (Å²) in [5.74, 6) is 0. The van der Waals surface area contributed by atoms with Crippen LogP contribution >= 0.6 is 0 Å². The van der Waals surface area contributed by atoms with E-state index in [-0.39, 0.29) is 0 Å². The predicted octanol–water partition coefficient (Wildman–Crippen LogP) is 3.08. The second-order valence-electron chi connectivity index (χ2n) is 7.26. The summed E-state index contributed by atoms with van der Waals surface area (Å²) in [6.45, 7) is 5.29. The lowest BCUT2D eigenvalue weighted by Gasteiger charge is -2.40. The minimum atomic E-state index is 0.371. The van der Waals surface area contributed by atoms with Gasteiger partial charge >= 0.3 is 0 Å². The highest BCUT2D eigenvalue weighted by Gasteiger charge is 2.46. The molecule has 1 aliphatic carbocycles. The van der Waals surface area contributed by atoms with Gasteiger partial charge in [0.05, 0.1) is 12.6 Å². The molecule has 1 unspecified atom stereocenters. The van der Waals surface area contributed by atoms with Crippen LogP contribution in [0.5, 0.6) is 0 Å². The van der Waals surface area contributed by atoms with Gasteiger partial charge in [-0.1, -0.05) is 24.3 Å². The number of hydrogen-bond donors (Lipinski definition) is 0. The minimum absolute atomic E-state index is 0.371. The Balaban J connectivity index is 1.61. The molecule has 1 aromatic carbocycles. The number of piperidine rings is 1. The van der Waals surface area contributed by atoms with E-state index in [1.54, 1.807) is 11.1 Å². The van der Waals surface area contributed by atoms with Crippen molar-refractivity contribution in [3.05, 3.63) is 35.4 Å². The molecule has 1 spiro atoms. The highest BCUT2D eigenvalue weighted by atomic mass is 15.2. The van der Waals surface area contributed by atoms with Crippen molar-refractivity contribution < 1.29 is 0 Å². The molecule has 0 N–H and O–H groups in total. The maximum atomic E-state index is 8.92. The molecule has 0 radical (unpaired) electrons. The van der Waals surface area contributed by atoms with Gasteiger partial charge in [0, 0.05) is 6.04 Å². The van der Waals surface area contributed by atoms with E-state index in [9.17, 15) is 0 Å². The lowest BCUT2D eigenvalue weighted by Crippen LogP contribution is -2.42. The zero-order valence-corrected chi connectivity index (χ0v) is 13.3. The van der Waals surface area contributed by atoms with Crippen LogP contribution in [0.2, 0.25) is 0 Å². The Kier molecular flexibility index (Phi) is 3.68. The van der Waals surface area contributed by atoms with Crippen molar-refractivity contribution in [2.45, 2.75) is 43.6 Å². The molecule has 0 bridgehead atoms. The zero-order chi connectivity index (χ0) is 15.0. The average Bonchev–Trinajstić information content (AvgIpc) is 3.18. The molecule has 3 nitrogen and oxygen atoms in total. The first-order chi connectivity index (χ1) is 10.8. The summed E-state index contributed by atoms with van der Waals surface area (Å²) in [6.07, 6.45) is 6.46. The highest BCUT2D eigenvalue weighted by molar-refractivity contribution is 5.43. The normalized spacial score (nSPS) is 27.9. The summed E-state index contributed by atoms with van der Waals surface area (Å²) in [7, 11) is 0. The fraction of sp³-hybridized carbons (Fsp3) is 0.632. The van der Waals surface area contributed by atoms with Crippen LogP contribution in [-0.4, -0.2) is 42.5 Å². The van der Waals surface area contributed by atoms with Crippen molar-refractivity contribution in [2.24, 2.45) is 0 Å². The maximum Gasteiger partial charge on any atom is 0.0865 e. The summed E-state index contributed by atoms with van der Waals surface area (Å²) in [5, 5.41) is 8.92. The lowest BCUT2D eigenvalue weighted by molar-refractivity contribution is 0.143. The Morgan fingerprint density at radius 2 is 1.82 bits per heavy atom. The monoisotopic (exact) mass is 295 g/mol. The summed E-state index contributed by atoms with van der Waals surface area (Å²) < 4.78 is 0. The predicted molar refractivity (Wildman–Crippen MR) is 87.6 cm³/mol. The van der Waals surface area contributed by atoms with Crippen LogP contribution in [0.3, 0.4) is 0 Å². The number of hydrogen-bond acceptors (Lipinski definition) is 3. The number of nitrogens with zero attached hydrogens (tertiary/aromatic N) is 3. The van der Waals surface area contributed by atoms with E-state index >= 15 is 0 Å². The van der Waals surface area contributed by atoms with E-state index in [2.05, 4.69) is 40.1 Å². The fourth-order valence-corrected chi connectivity index (χ4v) is 4.95. The largest absolute Gasteiger partial charge is 0.296 e. The molecule has 0 saturated carbocycles. The van der Waals surface area contributed by atoms with Gasteiger partial charge < -0.3 is 0 Å². The smallest absolute Gasteiger partial charge is 0.0865 e. The summed E-state index contributed by atoms with van der Waals surface area (Å²) in [6, 6.07) is 12.1. The number of likely N-dealkylation sites (tertiary alicyclic amines) is 2. The highest BCUT2D eigenvalue weighted by Crippen LogP contribution is 2.53. The molecule has 0 amide bonds. The summed E-state index contributed by atoms with van der Waals surface area (Å²) in [4.78, 5) is 5.03. The number of benzene rings is 1. The van der Waals surface area contributed by atoms with Crippen LogP contribution in [0.4, 0.5) is 0 Å². The SMILES string of the molecule is N#CCN1CCC2(CC1)CC(N1CCCC1)c1ccccc12. The fourth-order valence-electron chi connectivity index (χ4n) is 4.95. The van der Waals surface area contributed by atoms with Gasteiger partial charge in [0.15, 0.2) is 0 Å². The molecule has 3 heteroatoms. The molecule has 2 heterocycles. The van der Waals surface area contributed by atoms with Crippen molar-refractivity contribution in [2.75, 3.05) is 32.7 Å². The standard InChI is InChI=1S/C19H25N3/c20-9-14-21-12-7-19(8-13-21)15-18(22-10-3-4-11-22)16-5-1-2-6-17(16)19/h1-2,5-6,18H,3-4,7-8,10-15H2. The molecule has 3 aliphatic rings. The van der Waals surface area contributed by atoms with Crippen molar-refractivity contribution >= 4 is 0 Å². The van der Waals surface area contributed by atoms with Crippen LogP contribution in [0.25, 0.3) is 0 Å². The van der Waals surface area contributed by atoms with Gasteiger partial charge in [-0.25, -0.2) is 0 Å². The molecule has 4 rings (SSSR count). The summed E-state index contributed by atoms with van der Waals surface area (Å²) in [5.41, 5.74) is 3.58. The van der Waals surface area contributed by atoms with E-state index in [0.29, 0.717) is 18.0 Å². The summed E-state index contributed by atoms with van der Waals surface area (Å²) >= 11 is 0.